The molecule has 0 aromatic carbocycles. The third kappa shape index (κ3) is 5.91. The van der Waals surface area contributed by atoms with Gasteiger partial charge in [0.25, 0.3) is 0 Å². The highest BCUT2D eigenvalue weighted by atomic mass is 16.2. The standard InChI is InChI=1S/C15H31N3O/c1-11-7-6-8-12(2)18(11)17-14(19)9-13(16)10-15(3,4)5/h11-13H,6-10,16H2,1-5H3,(H,17,19). The first-order chi connectivity index (χ1) is 8.69. The molecule has 1 aliphatic heterocycles. The Morgan fingerprint density at radius 3 is 2.32 bits per heavy atom. The first kappa shape index (κ1) is 16.4. The summed E-state index contributed by atoms with van der Waals surface area (Å²) in [6.45, 7) is 10.8. The highest BCUT2D eigenvalue weighted by molar-refractivity contribution is 5.76. The summed E-state index contributed by atoms with van der Waals surface area (Å²) in [6, 6.07) is 0.786. The minimum atomic E-state index is -0.0598. The second kappa shape index (κ2) is 6.71. The minimum Gasteiger partial charge on any atom is -0.327 e. The predicted molar refractivity (Wildman–Crippen MR) is 79.4 cm³/mol. The maximum atomic E-state index is 12.1. The molecule has 1 amide bonds. The van der Waals surface area contributed by atoms with Gasteiger partial charge in [-0.05, 0) is 38.5 Å². The average molecular weight is 269 g/mol. The first-order valence-electron chi connectivity index (χ1n) is 7.52. The number of nitrogens with one attached hydrogen (secondary N) is 1. The van der Waals surface area contributed by atoms with Crippen molar-refractivity contribution in [3.05, 3.63) is 0 Å². The zero-order valence-electron chi connectivity index (χ0n) is 13.2. The number of carbonyl (C=O) groups is 1. The van der Waals surface area contributed by atoms with Crippen LogP contribution >= 0.6 is 0 Å². The molecular formula is C15H31N3O. The van der Waals surface area contributed by atoms with Crippen molar-refractivity contribution >= 4 is 5.91 Å². The van der Waals surface area contributed by atoms with E-state index in [1.54, 1.807) is 0 Å². The van der Waals surface area contributed by atoms with Gasteiger partial charge in [-0.3, -0.25) is 10.2 Å². The van der Waals surface area contributed by atoms with Crippen LogP contribution in [-0.4, -0.2) is 29.0 Å². The zero-order chi connectivity index (χ0) is 14.6. The van der Waals surface area contributed by atoms with Crippen LogP contribution in [0.5, 0.6) is 0 Å². The molecule has 3 N–H and O–H groups in total. The van der Waals surface area contributed by atoms with Crippen molar-refractivity contribution in [2.75, 3.05) is 0 Å². The van der Waals surface area contributed by atoms with Gasteiger partial charge in [-0.2, -0.15) is 0 Å². The van der Waals surface area contributed by atoms with Crippen LogP contribution in [0, 0.1) is 5.41 Å². The van der Waals surface area contributed by atoms with Crippen LogP contribution in [0.4, 0.5) is 0 Å². The lowest BCUT2D eigenvalue weighted by atomic mass is 9.87. The molecular weight excluding hydrogens is 238 g/mol. The molecule has 0 aliphatic carbocycles. The quantitative estimate of drug-likeness (QED) is 0.824. The second-order valence-corrected chi connectivity index (χ2v) is 7.30. The normalized spacial score (nSPS) is 27.1. The van der Waals surface area contributed by atoms with Gasteiger partial charge in [-0.1, -0.05) is 27.2 Å². The lowest BCUT2D eigenvalue weighted by molar-refractivity contribution is -0.129. The molecule has 4 heteroatoms. The summed E-state index contributed by atoms with van der Waals surface area (Å²) in [5, 5.41) is 2.11. The average Bonchev–Trinajstić information content (AvgIpc) is 2.20. The van der Waals surface area contributed by atoms with E-state index >= 15 is 0 Å². The van der Waals surface area contributed by atoms with E-state index in [4.69, 9.17) is 5.73 Å². The maximum absolute atomic E-state index is 12.1. The molecule has 1 saturated heterocycles. The number of hydrogen-bond donors (Lipinski definition) is 2. The Bertz CT molecular complexity index is 288. The van der Waals surface area contributed by atoms with Crippen LogP contribution in [0.25, 0.3) is 0 Å². The van der Waals surface area contributed by atoms with Gasteiger partial charge < -0.3 is 5.73 Å². The Labute approximate surface area is 118 Å². The fourth-order valence-electron chi connectivity index (χ4n) is 2.93. The number of nitrogens with zero attached hydrogens (tertiary/aromatic N) is 1. The summed E-state index contributed by atoms with van der Waals surface area (Å²) in [6.07, 6.45) is 4.83. The number of rotatable bonds is 4. The zero-order valence-corrected chi connectivity index (χ0v) is 13.2. The highest BCUT2D eigenvalue weighted by Crippen LogP contribution is 2.22. The van der Waals surface area contributed by atoms with Crippen molar-refractivity contribution in [3.8, 4) is 0 Å². The van der Waals surface area contributed by atoms with E-state index in [0.29, 0.717) is 18.5 Å². The number of carbonyl (C=O) groups excluding carboxylic acids is 1. The lowest BCUT2D eigenvalue weighted by Gasteiger charge is -2.39. The summed E-state index contributed by atoms with van der Waals surface area (Å²) < 4.78 is 0. The molecule has 0 bridgehead atoms. The van der Waals surface area contributed by atoms with Crippen molar-refractivity contribution < 1.29 is 4.79 Å². The molecule has 4 nitrogen and oxygen atoms in total. The molecule has 3 unspecified atom stereocenters. The third-order valence-electron chi connectivity index (χ3n) is 3.77. The van der Waals surface area contributed by atoms with Crippen molar-refractivity contribution in [2.24, 2.45) is 11.1 Å². The van der Waals surface area contributed by atoms with Gasteiger partial charge in [0.05, 0.1) is 0 Å². The molecule has 19 heavy (non-hydrogen) atoms. The maximum Gasteiger partial charge on any atom is 0.235 e. The molecule has 1 heterocycles. The lowest BCUT2D eigenvalue weighted by Crippen LogP contribution is -2.54. The fourth-order valence-corrected chi connectivity index (χ4v) is 2.93. The van der Waals surface area contributed by atoms with Crippen molar-refractivity contribution in [2.45, 2.75) is 84.8 Å². The Morgan fingerprint density at radius 1 is 1.32 bits per heavy atom. The summed E-state index contributed by atoms with van der Waals surface area (Å²) in [5.41, 5.74) is 9.28. The fraction of sp³-hybridized carbons (Fsp3) is 0.933. The molecule has 0 aromatic rings. The van der Waals surface area contributed by atoms with E-state index in [0.717, 1.165) is 19.3 Å². The topological polar surface area (TPSA) is 58.4 Å². The largest absolute Gasteiger partial charge is 0.327 e. The van der Waals surface area contributed by atoms with E-state index in [1.807, 2.05) is 0 Å². The Morgan fingerprint density at radius 2 is 1.84 bits per heavy atom. The Balaban J connectivity index is 2.41. The number of hydrazine groups is 1. The molecule has 1 rings (SSSR count). The summed E-state index contributed by atoms with van der Waals surface area (Å²) in [4.78, 5) is 12.1. The molecule has 112 valence electrons. The second-order valence-electron chi connectivity index (χ2n) is 7.30. The van der Waals surface area contributed by atoms with Crippen LogP contribution in [-0.2, 0) is 4.79 Å². The molecule has 3 atom stereocenters. The van der Waals surface area contributed by atoms with Gasteiger partial charge in [0, 0.05) is 24.5 Å². The smallest absolute Gasteiger partial charge is 0.235 e. The Kier molecular flexibility index (Phi) is 5.81. The first-order valence-corrected chi connectivity index (χ1v) is 7.52. The SMILES string of the molecule is CC1CCCC(C)N1NC(=O)CC(N)CC(C)(C)C. The van der Waals surface area contributed by atoms with Gasteiger partial charge in [0.2, 0.25) is 5.91 Å². The van der Waals surface area contributed by atoms with Gasteiger partial charge >= 0.3 is 0 Å². The van der Waals surface area contributed by atoms with Crippen LogP contribution < -0.4 is 11.2 Å². The molecule has 0 aromatic heterocycles. The number of amides is 1. The van der Waals surface area contributed by atoms with Crippen molar-refractivity contribution in [1.29, 1.82) is 0 Å². The third-order valence-corrected chi connectivity index (χ3v) is 3.77. The summed E-state index contributed by atoms with van der Waals surface area (Å²) in [5.74, 6) is 0.0531. The number of piperidine rings is 1. The Hall–Kier alpha value is -0.610. The van der Waals surface area contributed by atoms with Crippen LogP contribution in [0.1, 0.15) is 66.7 Å². The molecule has 0 radical (unpaired) electrons. The number of hydrogen-bond acceptors (Lipinski definition) is 3. The molecule has 1 fully saturated rings. The van der Waals surface area contributed by atoms with Gasteiger partial charge in [-0.25, -0.2) is 5.01 Å². The van der Waals surface area contributed by atoms with E-state index in [-0.39, 0.29) is 17.4 Å². The van der Waals surface area contributed by atoms with E-state index in [1.165, 1.54) is 6.42 Å². The monoisotopic (exact) mass is 269 g/mol. The molecule has 0 saturated carbocycles. The predicted octanol–water partition coefficient (Wildman–Crippen LogP) is 2.43. The summed E-state index contributed by atoms with van der Waals surface area (Å²) >= 11 is 0. The van der Waals surface area contributed by atoms with E-state index in [2.05, 4.69) is 45.1 Å². The number of nitrogens with two attached hydrogens (primary N) is 1. The van der Waals surface area contributed by atoms with Gasteiger partial charge in [0.15, 0.2) is 0 Å². The van der Waals surface area contributed by atoms with E-state index in [9.17, 15) is 4.79 Å². The van der Waals surface area contributed by atoms with Crippen molar-refractivity contribution in [3.63, 3.8) is 0 Å². The minimum absolute atomic E-state index is 0.0531. The van der Waals surface area contributed by atoms with Crippen LogP contribution in [0.15, 0.2) is 0 Å². The van der Waals surface area contributed by atoms with E-state index < -0.39 is 0 Å². The highest BCUT2D eigenvalue weighted by Gasteiger charge is 2.27. The summed E-state index contributed by atoms with van der Waals surface area (Å²) in [7, 11) is 0. The molecule has 0 spiro atoms. The van der Waals surface area contributed by atoms with Crippen LogP contribution in [0.3, 0.4) is 0 Å². The van der Waals surface area contributed by atoms with Gasteiger partial charge in [0.1, 0.15) is 0 Å². The van der Waals surface area contributed by atoms with Crippen molar-refractivity contribution in [1.82, 2.24) is 10.4 Å². The van der Waals surface area contributed by atoms with Gasteiger partial charge in [-0.15, -0.1) is 0 Å². The molecule has 1 aliphatic rings. The van der Waals surface area contributed by atoms with Crippen LogP contribution in [0.2, 0.25) is 0 Å².